The number of hydrogen-bond donors (Lipinski definition) is 1. The van der Waals surface area contributed by atoms with Crippen molar-refractivity contribution in [3.63, 3.8) is 0 Å². The summed E-state index contributed by atoms with van der Waals surface area (Å²) in [7, 11) is 2.00. The maximum Gasteiger partial charge on any atom is 0.169 e. The highest BCUT2D eigenvalue weighted by atomic mass is 127. The molecule has 1 heterocycles. The zero-order chi connectivity index (χ0) is 11.7. The molecule has 0 atom stereocenters. The Labute approximate surface area is 119 Å². The predicted molar refractivity (Wildman–Crippen MR) is 64.2 cm³/mol. The molecule has 2 rings (SSSR count). The molecule has 0 saturated carbocycles. The van der Waals surface area contributed by atoms with Gasteiger partial charge in [0.15, 0.2) is 12.4 Å². The van der Waals surface area contributed by atoms with Gasteiger partial charge in [0.2, 0.25) is 0 Å². The molecule has 1 aromatic heterocycles. The second kappa shape index (κ2) is 5.49. The van der Waals surface area contributed by atoms with Gasteiger partial charge in [0.25, 0.3) is 0 Å². The second-order valence-electron chi connectivity index (χ2n) is 4.21. The van der Waals surface area contributed by atoms with Crippen molar-refractivity contribution >= 4 is 0 Å². The first-order chi connectivity index (χ1) is 7.58. The molecular formula is C14H16INO. The van der Waals surface area contributed by atoms with E-state index in [0.717, 1.165) is 16.7 Å². The van der Waals surface area contributed by atoms with Crippen molar-refractivity contribution in [2.24, 2.45) is 7.05 Å². The molecule has 0 radical (unpaired) electrons. The highest BCUT2D eigenvalue weighted by molar-refractivity contribution is 5.66. The van der Waals surface area contributed by atoms with Crippen LogP contribution in [0, 0.1) is 13.8 Å². The van der Waals surface area contributed by atoms with E-state index in [9.17, 15) is 5.11 Å². The number of aromatic hydroxyl groups is 1. The van der Waals surface area contributed by atoms with Crippen LogP contribution in [0.3, 0.4) is 0 Å². The highest BCUT2D eigenvalue weighted by Crippen LogP contribution is 2.28. The standard InChI is InChI=1S/C14H15NO.HI/c1-10-8-13(9-11(2)14(10)16)12-4-6-15(3)7-5-12;/h4-9H,1-3H3;1H. The van der Waals surface area contributed by atoms with Gasteiger partial charge in [-0.05, 0) is 48.2 Å². The summed E-state index contributed by atoms with van der Waals surface area (Å²) in [4.78, 5) is 0. The molecular weight excluding hydrogens is 325 g/mol. The van der Waals surface area contributed by atoms with E-state index in [4.69, 9.17) is 0 Å². The molecule has 0 unspecified atom stereocenters. The molecule has 17 heavy (non-hydrogen) atoms. The van der Waals surface area contributed by atoms with Crippen LogP contribution in [-0.2, 0) is 7.05 Å². The average molecular weight is 341 g/mol. The van der Waals surface area contributed by atoms with Gasteiger partial charge in [-0.3, -0.25) is 0 Å². The van der Waals surface area contributed by atoms with E-state index in [1.165, 1.54) is 5.56 Å². The van der Waals surface area contributed by atoms with Crippen LogP contribution in [0.4, 0.5) is 0 Å². The Morgan fingerprint density at radius 3 is 1.88 bits per heavy atom. The lowest BCUT2D eigenvalue weighted by Gasteiger charge is -2.07. The molecule has 0 saturated heterocycles. The first-order valence-corrected chi connectivity index (χ1v) is 5.34. The van der Waals surface area contributed by atoms with E-state index in [1.54, 1.807) is 0 Å². The number of aromatic nitrogens is 1. The largest absolute Gasteiger partial charge is 1.00 e. The van der Waals surface area contributed by atoms with Crippen LogP contribution in [0.25, 0.3) is 11.1 Å². The summed E-state index contributed by atoms with van der Waals surface area (Å²) in [5.41, 5.74) is 4.16. The number of rotatable bonds is 1. The van der Waals surface area contributed by atoms with Crippen LogP contribution < -0.4 is 28.5 Å². The van der Waals surface area contributed by atoms with Crippen molar-refractivity contribution in [3.05, 3.63) is 47.8 Å². The minimum atomic E-state index is 0. The normalized spacial score (nSPS) is 9.82. The van der Waals surface area contributed by atoms with Gasteiger partial charge in [0.1, 0.15) is 12.8 Å². The molecule has 0 aliphatic carbocycles. The number of phenolic OH excluding ortho intramolecular Hbond substituents is 1. The predicted octanol–water partition coefficient (Wildman–Crippen LogP) is -0.495. The molecule has 2 nitrogen and oxygen atoms in total. The first-order valence-electron chi connectivity index (χ1n) is 5.34. The Morgan fingerprint density at radius 2 is 1.41 bits per heavy atom. The maximum absolute atomic E-state index is 9.72. The minimum Gasteiger partial charge on any atom is -1.00 e. The quantitative estimate of drug-likeness (QED) is 0.549. The Hall–Kier alpha value is -1.10. The van der Waals surface area contributed by atoms with Crippen LogP contribution in [-0.4, -0.2) is 5.11 Å². The number of phenols is 1. The lowest BCUT2D eigenvalue weighted by molar-refractivity contribution is -0.671. The number of nitrogens with zero attached hydrogens (tertiary/aromatic N) is 1. The fraction of sp³-hybridized carbons (Fsp3) is 0.214. The summed E-state index contributed by atoms with van der Waals surface area (Å²) in [5.74, 6) is 0.394. The monoisotopic (exact) mass is 341 g/mol. The van der Waals surface area contributed by atoms with Gasteiger partial charge < -0.3 is 29.1 Å². The Kier molecular flexibility index (Phi) is 4.51. The van der Waals surface area contributed by atoms with Gasteiger partial charge in [-0.25, -0.2) is 4.57 Å². The topological polar surface area (TPSA) is 24.1 Å². The smallest absolute Gasteiger partial charge is 0.169 e. The lowest BCUT2D eigenvalue weighted by atomic mass is 10.0. The van der Waals surface area contributed by atoms with Gasteiger partial charge >= 0.3 is 0 Å². The van der Waals surface area contributed by atoms with Crippen LogP contribution in [0.2, 0.25) is 0 Å². The third-order valence-electron chi connectivity index (χ3n) is 2.80. The van der Waals surface area contributed by atoms with Crippen LogP contribution in [0.15, 0.2) is 36.7 Å². The van der Waals surface area contributed by atoms with Crippen LogP contribution >= 0.6 is 0 Å². The highest BCUT2D eigenvalue weighted by Gasteiger charge is 2.05. The van der Waals surface area contributed by atoms with Crippen molar-refractivity contribution in [2.75, 3.05) is 0 Å². The van der Waals surface area contributed by atoms with E-state index >= 15 is 0 Å². The average Bonchev–Trinajstić information content (AvgIpc) is 2.26. The van der Waals surface area contributed by atoms with Gasteiger partial charge in [0.05, 0.1) is 0 Å². The third kappa shape index (κ3) is 2.97. The summed E-state index contributed by atoms with van der Waals surface area (Å²) in [6.07, 6.45) is 4.04. The van der Waals surface area contributed by atoms with Gasteiger partial charge in [-0.2, -0.15) is 0 Å². The summed E-state index contributed by atoms with van der Waals surface area (Å²) in [6.45, 7) is 3.85. The molecule has 3 heteroatoms. The van der Waals surface area contributed by atoms with Crippen molar-refractivity contribution in [1.29, 1.82) is 0 Å². The molecule has 1 N–H and O–H groups in total. The van der Waals surface area contributed by atoms with Crippen molar-refractivity contribution in [3.8, 4) is 16.9 Å². The number of aryl methyl sites for hydroxylation is 3. The fourth-order valence-corrected chi connectivity index (χ4v) is 1.82. The van der Waals surface area contributed by atoms with E-state index in [1.807, 2.05) is 50.0 Å². The summed E-state index contributed by atoms with van der Waals surface area (Å²) in [6, 6.07) is 8.17. The zero-order valence-corrected chi connectivity index (χ0v) is 12.4. The molecule has 0 aliphatic rings. The number of hydrogen-bond acceptors (Lipinski definition) is 1. The van der Waals surface area contributed by atoms with Crippen LogP contribution in [0.5, 0.6) is 5.75 Å². The molecule has 90 valence electrons. The second-order valence-corrected chi connectivity index (χ2v) is 4.21. The number of halogens is 1. The fourth-order valence-electron chi connectivity index (χ4n) is 1.82. The molecule has 0 spiro atoms. The summed E-state index contributed by atoms with van der Waals surface area (Å²) in [5, 5.41) is 9.72. The van der Waals surface area contributed by atoms with Gasteiger partial charge in [0, 0.05) is 12.1 Å². The molecule has 0 fully saturated rings. The minimum absolute atomic E-state index is 0. The lowest BCUT2D eigenvalue weighted by Crippen LogP contribution is -3.00. The first kappa shape index (κ1) is 14.0. The van der Waals surface area contributed by atoms with E-state index in [-0.39, 0.29) is 24.0 Å². The van der Waals surface area contributed by atoms with E-state index in [0.29, 0.717) is 5.75 Å². The van der Waals surface area contributed by atoms with Crippen LogP contribution in [0.1, 0.15) is 11.1 Å². The molecule has 0 amide bonds. The summed E-state index contributed by atoms with van der Waals surface area (Å²) < 4.78 is 2.00. The zero-order valence-electron chi connectivity index (χ0n) is 10.2. The maximum atomic E-state index is 9.72. The van der Waals surface area contributed by atoms with Gasteiger partial charge in [-0.15, -0.1) is 0 Å². The van der Waals surface area contributed by atoms with Crippen molar-refractivity contribution in [1.82, 2.24) is 0 Å². The number of pyridine rings is 1. The SMILES string of the molecule is Cc1cc(-c2cc[n+](C)cc2)cc(C)c1O.[I-]. The van der Waals surface area contributed by atoms with Gasteiger partial charge in [-0.1, -0.05) is 0 Å². The Bertz CT molecular complexity index is 497. The molecule has 0 aliphatic heterocycles. The van der Waals surface area contributed by atoms with Crippen molar-refractivity contribution < 1.29 is 33.7 Å². The third-order valence-corrected chi connectivity index (χ3v) is 2.80. The molecule has 2 aromatic rings. The Morgan fingerprint density at radius 1 is 0.941 bits per heavy atom. The summed E-state index contributed by atoms with van der Waals surface area (Å²) >= 11 is 0. The molecule has 1 aromatic carbocycles. The Balaban J connectivity index is 0.00000144. The number of benzene rings is 1. The van der Waals surface area contributed by atoms with E-state index < -0.39 is 0 Å². The molecule has 0 bridgehead atoms. The van der Waals surface area contributed by atoms with E-state index in [2.05, 4.69) is 12.1 Å². The van der Waals surface area contributed by atoms with Crippen molar-refractivity contribution in [2.45, 2.75) is 13.8 Å².